The van der Waals surface area contributed by atoms with Crippen molar-refractivity contribution in [1.29, 1.82) is 0 Å². The predicted octanol–water partition coefficient (Wildman–Crippen LogP) is 4.06. The summed E-state index contributed by atoms with van der Waals surface area (Å²) in [5.74, 6) is -0.536. The molecule has 0 atom stereocenters. The molecule has 3 rings (SSSR count). The summed E-state index contributed by atoms with van der Waals surface area (Å²) in [6.07, 6.45) is -4.25. The molecule has 6 nitrogen and oxygen atoms in total. The zero-order chi connectivity index (χ0) is 24.9. The van der Waals surface area contributed by atoms with E-state index >= 15 is 0 Å². The number of halogens is 3. The monoisotopic (exact) mass is 497 g/mol. The topological polar surface area (TPSA) is 69.7 Å². The van der Waals surface area contributed by atoms with Crippen LogP contribution in [0, 0.1) is 12.8 Å². The van der Waals surface area contributed by atoms with Crippen molar-refractivity contribution in [2.24, 2.45) is 5.92 Å². The maximum Gasteiger partial charge on any atom is 0.417 e. The molecule has 0 aliphatic carbocycles. The van der Waals surface area contributed by atoms with Crippen LogP contribution in [0.5, 0.6) is 0 Å². The summed E-state index contributed by atoms with van der Waals surface area (Å²) in [4.78, 5) is 14.0. The van der Waals surface area contributed by atoms with Crippen molar-refractivity contribution in [2.45, 2.75) is 37.8 Å². The van der Waals surface area contributed by atoms with Crippen molar-refractivity contribution in [3.8, 4) is 0 Å². The smallest absolute Gasteiger partial charge is 0.370 e. The fourth-order valence-electron chi connectivity index (χ4n) is 4.18. The van der Waals surface area contributed by atoms with Gasteiger partial charge in [-0.25, -0.2) is 8.42 Å². The molecule has 1 fully saturated rings. The van der Waals surface area contributed by atoms with Gasteiger partial charge in [-0.2, -0.15) is 17.5 Å². The third-order valence-electron chi connectivity index (χ3n) is 6.06. The molecule has 0 saturated carbocycles. The highest BCUT2D eigenvalue weighted by atomic mass is 32.2. The molecule has 0 spiro atoms. The lowest BCUT2D eigenvalue weighted by Crippen LogP contribution is -2.44. The lowest BCUT2D eigenvalue weighted by Gasteiger charge is -2.31. The molecule has 1 amide bonds. The fourth-order valence-corrected chi connectivity index (χ4v) is 5.86. The van der Waals surface area contributed by atoms with E-state index in [1.807, 2.05) is 32.0 Å². The molecule has 186 valence electrons. The molecule has 1 aliphatic heterocycles. The van der Waals surface area contributed by atoms with Crippen molar-refractivity contribution in [2.75, 3.05) is 37.6 Å². The van der Waals surface area contributed by atoms with Gasteiger partial charge in [0.2, 0.25) is 15.9 Å². The third-order valence-corrected chi connectivity index (χ3v) is 8.02. The summed E-state index contributed by atoms with van der Waals surface area (Å²) in [6.45, 7) is 5.92. The molecule has 2 aromatic carbocycles. The van der Waals surface area contributed by atoms with Gasteiger partial charge in [-0.1, -0.05) is 24.3 Å². The van der Waals surface area contributed by atoms with E-state index in [0.29, 0.717) is 13.1 Å². The number of benzene rings is 2. The van der Waals surface area contributed by atoms with E-state index in [1.54, 1.807) is 0 Å². The Morgan fingerprint density at radius 1 is 1.12 bits per heavy atom. The Balaban J connectivity index is 1.55. The van der Waals surface area contributed by atoms with Gasteiger partial charge in [0, 0.05) is 44.3 Å². The number of anilines is 1. The van der Waals surface area contributed by atoms with Crippen LogP contribution in [0.2, 0.25) is 0 Å². The van der Waals surface area contributed by atoms with Crippen LogP contribution in [0.3, 0.4) is 0 Å². The molecule has 1 aliphatic rings. The number of likely N-dealkylation sites (N-methyl/N-ethyl adjacent to an activating group) is 1. The van der Waals surface area contributed by atoms with E-state index < -0.39 is 26.7 Å². The van der Waals surface area contributed by atoms with Gasteiger partial charge in [0.05, 0.1) is 10.5 Å². The molecule has 0 bridgehead atoms. The minimum atomic E-state index is -4.77. The molecule has 1 heterocycles. The normalized spacial score (nSPS) is 15.8. The third kappa shape index (κ3) is 6.09. The minimum absolute atomic E-state index is 0.00299. The molecule has 0 aromatic heterocycles. The molecular weight excluding hydrogens is 467 g/mol. The highest BCUT2D eigenvalue weighted by molar-refractivity contribution is 7.89. The first kappa shape index (κ1) is 26.0. The van der Waals surface area contributed by atoms with E-state index in [4.69, 9.17) is 0 Å². The van der Waals surface area contributed by atoms with E-state index in [0.717, 1.165) is 40.3 Å². The SMILES string of the molecule is CCN(CCNC(=O)C1CCN(S(=O)(=O)c2ccccc2C(F)(F)F)CC1)c1cccc(C)c1. The Morgan fingerprint density at radius 2 is 1.79 bits per heavy atom. The first-order valence-electron chi connectivity index (χ1n) is 11.3. The van der Waals surface area contributed by atoms with E-state index in [2.05, 4.69) is 16.3 Å². The lowest BCUT2D eigenvalue weighted by molar-refractivity contribution is -0.139. The zero-order valence-electron chi connectivity index (χ0n) is 19.3. The van der Waals surface area contributed by atoms with Crippen LogP contribution >= 0.6 is 0 Å². The molecule has 2 aromatic rings. The zero-order valence-corrected chi connectivity index (χ0v) is 20.1. The summed E-state index contributed by atoms with van der Waals surface area (Å²) in [5, 5.41) is 2.92. The Bertz CT molecular complexity index is 1100. The average molecular weight is 498 g/mol. The van der Waals surface area contributed by atoms with Gasteiger partial charge in [0.15, 0.2) is 0 Å². The van der Waals surface area contributed by atoms with E-state index in [-0.39, 0.29) is 37.8 Å². The maximum absolute atomic E-state index is 13.3. The van der Waals surface area contributed by atoms with Crippen molar-refractivity contribution >= 4 is 21.6 Å². The summed E-state index contributed by atoms with van der Waals surface area (Å²) in [6, 6.07) is 12.3. The van der Waals surface area contributed by atoms with Crippen LogP contribution < -0.4 is 10.2 Å². The fraction of sp³-hybridized carbons (Fsp3) is 0.458. The van der Waals surface area contributed by atoms with Crippen LogP contribution in [-0.4, -0.2) is 51.4 Å². The molecule has 0 unspecified atom stereocenters. The minimum Gasteiger partial charge on any atom is -0.370 e. The summed E-state index contributed by atoms with van der Waals surface area (Å²) in [5.41, 5.74) is 1.05. The largest absolute Gasteiger partial charge is 0.417 e. The number of amides is 1. The number of piperidine rings is 1. The number of carbonyl (C=O) groups excluding carboxylic acids is 1. The number of carbonyl (C=O) groups is 1. The number of hydrogen-bond acceptors (Lipinski definition) is 4. The van der Waals surface area contributed by atoms with Crippen molar-refractivity contribution in [3.05, 3.63) is 59.7 Å². The number of sulfonamides is 1. The van der Waals surface area contributed by atoms with Crippen LogP contribution in [0.4, 0.5) is 18.9 Å². The van der Waals surface area contributed by atoms with Gasteiger partial charge in [-0.3, -0.25) is 4.79 Å². The van der Waals surface area contributed by atoms with Crippen molar-refractivity contribution in [1.82, 2.24) is 9.62 Å². The first-order chi connectivity index (χ1) is 16.0. The van der Waals surface area contributed by atoms with Gasteiger partial charge in [0.25, 0.3) is 0 Å². The number of hydrogen-bond donors (Lipinski definition) is 1. The highest BCUT2D eigenvalue weighted by Crippen LogP contribution is 2.36. The second kappa shape index (κ2) is 10.8. The van der Waals surface area contributed by atoms with Gasteiger partial charge in [-0.05, 0) is 56.5 Å². The first-order valence-corrected chi connectivity index (χ1v) is 12.7. The molecule has 1 saturated heterocycles. The van der Waals surface area contributed by atoms with Gasteiger partial charge < -0.3 is 10.2 Å². The number of alkyl halides is 3. The molecule has 1 N–H and O–H groups in total. The number of rotatable bonds is 8. The number of aryl methyl sites for hydroxylation is 1. The van der Waals surface area contributed by atoms with Gasteiger partial charge in [0.1, 0.15) is 0 Å². The van der Waals surface area contributed by atoms with Crippen molar-refractivity contribution in [3.63, 3.8) is 0 Å². The Kier molecular flexibility index (Phi) is 8.25. The van der Waals surface area contributed by atoms with Crippen molar-refractivity contribution < 1.29 is 26.4 Å². The van der Waals surface area contributed by atoms with Gasteiger partial charge >= 0.3 is 6.18 Å². The van der Waals surface area contributed by atoms with Crippen LogP contribution in [0.25, 0.3) is 0 Å². The summed E-state index contributed by atoms with van der Waals surface area (Å²) >= 11 is 0. The molecule has 10 heteroatoms. The van der Waals surface area contributed by atoms with Gasteiger partial charge in [-0.15, -0.1) is 0 Å². The molecular formula is C24H30F3N3O3S. The van der Waals surface area contributed by atoms with E-state index in [1.165, 1.54) is 6.07 Å². The second-order valence-corrected chi connectivity index (χ2v) is 10.3. The number of nitrogens with zero attached hydrogens (tertiary/aromatic N) is 2. The van der Waals surface area contributed by atoms with Crippen LogP contribution in [0.15, 0.2) is 53.4 Å². The standard InChI is InChI=1S/C24H30F3N3O3S/c1-3-29(20-8-6-7-18(2)17-20)16-13-28-23(31)19-11-14-30(15-12-19)34(32,33)22-10-5-4-9-21(22)24(25,26)27/h4-10,17,19H,3,11-16H2,1-2H3,(H,28,31). The highest BCUT2D eigenvalue weighted by Gasteiger charge is 2.40. The average Bonchev–Trinajstić information content (AvgIpc) is 2.81. The Morgan fingerprint density at radius 3 is 2.41 bits per heavy atom. The lowest BCUT2D eigenvalue weighted by atomic mass is 9.97. The summed E-state index contributed by atoms with van der Waals surface area (Å²) < 4.78 is 66.7. The quantitative estimate of drug-likeness (QED) is 0.597. The molecule has 34 heavy (non-hydrogen) atoms. The molecule has 0 radical (unpaired) electrons. The summed E-state index contributed by atoms with van der Waals surface area (Å²) in [7, 11) is -4.32. The maximum atomic E-state index is 13.3. The Labute approximate surface area is 198 Å². The van der Waals surface area contributed by atoms with Crippen LogP contribution in [-0.2, 0) is 21.0 Å². The second-order valence-electron chi connectivity index (χ2n) is 8.38. The number of nitrogens with one attached hydrogen (secondary N) is 1. The van der Waals surface area contributed by atoms with Crippen LogP contribution in [0.1, 0.15) is 30.9 Å². The Hall–Kier alpha value is -2.59. The predicted molar refractivity (Wildman–Crippen MR) is 125 cm³/mol. The van der Waals surface area contributed by atoms with E-state index in [9.17, 15) is 26.4 Å².